The van der Waals surface area contributed by atoms with E-state index in [2.05, 4.69) is 102 Å². The average molecular weight is 785 g/mol. The van der Waals surface area contributed by atoms with Gasteiger partial charge in [-0.05, 0) is 84.4 Å². The third-order valence-electron chi connectivity index (χ3n) is 11.2. The van der Waals surface area contributed by atoms with E-state index >= 15 is 0 Å². The molecule has 0 unspecified atom stereocenters. The summed E-state index contributed by atoms with van der Waals surface area (Å²) >= 11 is 0. The third-order valence-corrected chi connectivity index (χ3v) is 11.2. The molecular weight excluding hydrogens is 753 g/mol. The quantitative estimate of drug-likeness (QED) is 0.159. The highest BCUT2D eigenvalue weighted by Crippen LogP contribution is 2.38. The minimum atomic E-state index is 0.548. The summed E-state index contributed by atoms with van der Waals surface area (Å²) < 4.78 is 14.5. The summed E-state index contributed by atoms with van der Waals surface area (Å²) in [7, 11) is 0. The van der Waals surface area contributed by atoms with Crippen molar-refractivity contribution in [1.29, 1.82) is 0 Å². The van der Waals surface area contributed by atoms with Gasteiger partial charge in [-0.15, -0.1) is 0 Å². The molecule has 4 heterocycles. The molecule has 0 radical (unpaired) electrons. The molecule has 12 rings (SSSR count). The second kappa shape index (κ2) is 14.1. The number of oxazole rings is 2. The molecule has 8 nitrogen and oxygen atoms in total. The molecule has 61 heavy (non-hydrogen) atoms. The van der Waals surface area contributed by atoms with Crippen LogP contribution in [0, 0.1) is 0 Å². The fourth-order valence-electron chi connectivity index (χ4n) is 8.18. The molecule has 0 N–H and O–H groups in total. The van der Waals surface area contributed by atoms with Gasteiger partial charge < -0.3 is 13.4 Å². The van der Waals surface area contributed by atoms with Crippen LogP contribution in [0.5, 0.6) is 0 Å². The number of aromatic nitrogens is 6. The van der Waals surface area contributed by atoms with Gasteiger partial charge in [-0.25, -0.2) is 24.9 Å². The lowest BCUT2D eigenvalue weighted by Gasteiger charge is -2.14. The van der Waals surface area contributed by atoms with Crippen LogP contribution in [0.1, 0.15) is 0 Å². The van der Waals surface area contributed by atoms with Gasteiger partial charge in [0.1, 0.15) is 11.0 Å². The molecule has 0 bridgehead atoms. The zero-order valence-corrected chi connectivity index (χ0v) is 32.5. The fourth-order valence-corrected chi connectivity index (χ4v) is 8.18. The normalized spacial score (nSPS) is 11.6. The van der Waals surface area contributed by atoms with E-state index in [4.69, 9.17) is 33.8 Å². The molecular formula is C53H32N6O2. The Kier molecular flexibility index (Phi) is 7.99. The van der Waals surface area contributed by atoms with E-state index < -0.39 is 0 Å². The zero-order valence-electron chi connectivity index (χ0n) is 32.5. The van der Waals surface area contributed by atoms with Crippen molar-refractivity contribution in [2.75, 3.05) is 0 Å². The van der Waals surface area contributed by atoms with Crippen molar-refractivity contribution in [1.82, 2.24) is 29.5 Å². The molecule has 0 atom stereocenters. The van der Waals surface area contributed by atoms with Crippen molar-refractivity contribution < 1.29 is 8.83 Å². The number of rotatable bonds is 7. The summed E-state index contributed by atoms with van der Waals surface area (Å²) in [6.45, 7) is 0. The molecule has 0 saturated carbocycles. The van der Waals surface area contributed by atoms with Crippen LogP contribution >= 0.6 is 0 Å². The van der Waals surface area contributed by atoms with E-state index in [9.17, 15) is 0 Å². The minimum Gasteiger partial charge on any atom is -0.436 e. The highest BCUT2D eigenvalue weighted by molar-refractivity contribution is 6.11. The van der Waals surface area contributed by atoms with E-state index in [1.165, 1.54) is 0 Å². The summed E-state index contributed by atoms with van der Waals surface area (Å²) in [5, 5.41) is 2.24. The van der Waals surface area contributed by atoms with Crippen LogP contribution in [-0.2, 0) is 0 Å². The minimum absolute atomic E-state index is 0.548. The first-order chi connectivity index (χ1) is 30.2. The van der Waals surface area contributed by atoms with Crippen molar-refractivity contribution in [2.24, 2.45) is 0 Å². The second-order valence-corrected chi connectivity index (χ2v) is 14.9. The molecule has 8 heteroatoms. The Morgan fingerprint density at radius 1 is 0.328 bits per heavy atom. The van der Waals surface area contributed by atoms with Crippen LogP contribution in [0.3, 0.4) is 0 Å². The molecule has 4 aromatic heterocycles. The van der Waals surface area contributed by atoms with Gasteiger partial charge in [0, 0.05) is 44.2 Å². The number of nitrogens with zero attached hydrogens (tertiary/aromatic N) is 6. The molecule has 8 aromatic carbocycles. The Balaban J connectivity index is 0.991. The Hall–Kier alpha value is -8.49. The van der Waals surface area contributed by atoms with Gasteiger partial charge in [-0.2, -0.15) is 0 Å². The average Bonchev–Trinajstić information content (AvgIpc) is 4.06. The molecule has 0 aliphatic carbocycles. The van der Waals surface area contributed by atoms with Crippen molar-refractivity contribution in [3.05, 3.63) is 194 Å². The number of hydrogen-bond donors (Lipinski definition) is 0. The summed E-state index contributed by atoms with van der Waals surface area (Å²) in [5.41, 5.74) is 13.0. The maximum Gasteiger partial charge on any atom is 0.227 e. The van der Waals surface area contributed by atoms with Gasteiger partial charge in [-0.3, -0.25) is 0 Å². The van der Waals surface area contributed by atoms with E-state index in [1.807, 2.05) is 97.1 Å². The lowest BCUT2D eigenvalue weighted by molar-refractivity contribution is 0.619. The molecule has 0 aliphatic rings. The Morgan fingerprint density at radius 2 is 0.803 bits per heavy atom. The Morgan fingerprint density at radius 3 is 1.43 bits per heavy atom. The Bertz CT molecular complexity index is 3390. The molecule has 0 spiro atoms. The van der Waals surface area contributed by atoms with E-state index in [0.717, 1.165) is 88.6 Å². The summed E-state index contributed by atoms with van der Waals surface area (Å²) in [6.07, 6.45) is 0. The fraction of sp³-hybridized carbons (Fsp3) is 0. The van der Waals surface area contributed by atoms with Crippen molar-refractivity contribution in [2.45, 2.75) is 0 Å². The maximum absolute atomic E-state index is 6.07. The first kappa shape index (κ1) is 34.5. The summed E-state index contributed by atoms with van der Waals surface area (Å²) in [5.74, 6) is 2.78. The van der Waals surface area contributed by atoms with Gasteiger partial charge in [0.25, 0.3) is 0 Å². The van der Waals surface area contributed by atoms with E-state index in [0.29, 0.717) is 29.3 Å². The topological polar surface area (TPSA) is 95.7 Å². The number of para-hydroxylation sites is 6. The van der Waals surface area contributed by atoms with Gasteiger partial charge in [0.2, 0.25) is 11.8 Å². The number of hydrogen-bond acceptors (Lipinski definition) is 7. The highest BCUT2D eigenvalue weighted by Gasteiger charge is 2.19. The van der Waals surface area contributed by atoms with Gasteiger partial charge in [-0.1, -0.05) is 115 Å². The second-order valence-electron chi connectivity index (χ2n) is 14.9. The van der Waals surface area contributed by atoms with Crippen molar-refractivity contribution in [3.63, 3.8) is 0 Å². The van der Waals surface area contributed by atoms with Crippen LogP contribution < -0.4 is 0 Å². The molecule has 0 fully saturated rings. The smallest absolute Gasteiger partial charge is 0.227 e. The van der Waals surface area contributed by atoms with Crippen LogP contribution in [0.25, 0.3) is 118 Å². The maximum atomic E-state index is 6.07. The highest BCUT2D eigenvalue weighted by atomic mass is 16.4. The SMILES string of the molecule is c1ccc(-c2ccccc2-n2c3ccccc3c3cc(-c4nc(-c5ccc(-c6nc7ccccc7o6)cc5)nc(-c5ccc(-c6nc7ccccc7o6)cc5)n4)ccc32)cc1. The molecule has 0 aliphatic heterocycles. The van der Waals surface area contributed by atoms with Crippen LogP contribution in [0.2, 0.25) is 0 Å². The van der Waals surface area contributed by atoms with E-state index in [1.54, 1.807) is 0 Å². The van der Waals surface area contributed by atoms with Gasteiger partial charge in [0.15, 0.2) is 28.6 Å². The van der Waals surface area contributed by atoms with E-state index in [-0.39, 0.29) is 0 Å². The predicted octanol–water partition coefficient (Wildman–Crippen LogP) is 13.3. The first-order valence-electron chi connectivity index (χ1n) is 20.1. The van der Waals surface area contributed by atoms with Crippen molar-refractivity contribution in [3.8, 4) is 73.9 Å². The van der Waals surface area contributed by atoms with Crippen LogP contribution in [0.4, 0.5) is 0 Å². The molecule has 0 amide bonds. The predicted molar refractivity (Wildman–Crippen MR) is 242 cm³/mol. The third kappa shape index (κ3) is 6.05. The molecule has 12 aromatic rings. The van der Waals surface area contributed by atoms with Gasteiger partial charge in [0.05, 0.1) is 16.7 Å². The number of benzene rings is 8. The summed E-state index contributed by atoms with van der Waals surface area (Å²) in [4.78, 5) is 24.7. The van der Waals surface area contributed by atoms with Crippen molar-refractivity contribution >= 4 is 44.0 Å². The lowest BCUT2D eigenvalue weighted by Crippen LogP contribution is -2.00. The first-order valence-corrected chi connectivity index (χ1v) is 20.1. The number of fused-ring (bicyclic) bond motifs is 5. The zero-order chi connectivity index (χ0) is 40.3. The largest absolute Gasteiger partial charge is 0.436 e. The standard InChI is InChI=1S/C53H32N6O2/c1-2-12-33(13-3-1)39-14-4-8-18-44(39)59-45-19-9-5-15-40(45)41-32-38(30-31-46(41)59)51-57-49(34-22-26-36(27-23-34)52-54-42-16-6-10-20-47(42)60-52)56-50(58-51)35-24-28-37(29-25-35)53-55-43-17-7-11-21-48(43)61-53/h1-32H. The molecule has 0 saturated heterocycles. The molecule has 286 valence electrons. The Labute approximate surface area is 349 Å². The lowest BCUT2D eigenvalue weighted by atomic mass is 10.0. The summed E-state index contributed by atoms with van der Waals surface area (Å²) in [6, 6.07) is 65.7. The monoisotopic (exact) mass is 784 g/mol. The van der Waals surface area contributed by atoms with Crippen LogP contribution in [0.15, 0.2) is 203 Å². The van der Waals surface area contributed by atoms with Gasteiger partial charge >= 0.3 is 0 Å². The van der Waals surface area contributed by atoms with Crippen LogP contribution in [-0.4, -0.2) is 29.5 Å².